The van der Waals surface area contributed by atoms with Gasteiger partial charge in [0.1, 0.15) is 27.5 Å². The molecule has 0 radical (unpaired) electrons. The lowest BCUT2D eigenvalue weighted by atomic mass is 9.86. The van der Waals surface area contributed by atoms with Crippen LogP contribution in [0.3, 0.4) is 0 Å². The number of carbonyl (C=O) groups excluding carboxylic acids is 1. The fraction of sp³-hybridized carbons (Fsp3) is 0.296. The molecule has 5 nitrogen and oxygen atoms in total. The predicted octanol–water partition coefficient (Wildman–Crippen LogP) is 7.55. The molecule has 0 fully saturated rings. The van der Waals surface area contributed by atoms with Crippen molar-refractivity contribution in [1.29, 1.82) is 0 Å². The molecule has 3 rings (SSSR count). The van der Waals surface area contributed by atoms with E-state index in [1.165, 1.54) is 0 Å². The van der Waals surface area contributed by atoms with Gasteiger partial charge in [0.05, 0.1) is 26.9 Å². The molecule has 0 atom stereocenters. The van der Waals surface area contributed by atoms with Crippen LogP contribution in [-0.2, 0) is 10.7 Å². The van der Waals surface area contributed by atoms with Gasteiger partial charge < -0.3 is 18.9 Å². The molecule has 0 bridgehead atoms. The second kappa shape index (κ2) is 10.8. The number of hydrogen-bond donors (Lipinski definition) is 0. The van der Waals surface area contributed by atoms with Gasteiger partial charge in [0, 0.05) is 22.0 Å². The van der Waals surface area contributed by atoms with Crippen LogP contribution in [0.1, 0.15) is 42.3 Å². The summed E-state index contributed by atoms with van der Waals surface area (Å²) in [6.07, 6.45) is 0. The summed E-state index contributed by atoms with van der Waals surface area (Å²) in [7, 11) is 4.74. The zero-order valence-electron chi connectivity index (χ0n) is 20.1. The van der Waals surface area contributed by atoms with Gasteiger partial charge in [-0.05, 0) is 51.2 Å². The first-order valence-electron chi connectivity index (χ1n) is 10.7. The van der Waals surface area contributed by atoms with E-state index in [4.69, 9.17) is 18.9 Å². The molecule has 0 aliphatic rings. The van der Waals surface area contributed by atoms with Crippen molar-refractivity contribution in [1.82, 2.24) is 0 Å². The third kappa shape index (κ3) is 5.10. The standard InChI is InChI=1S/C27H28Br2O5/c1-27(2,3)18-11-7-8-12-19(18)34-26(30)17-10-9-13-20(31-4)23(17)22-16(15-28)14-21(32-5)24(29)25(22)33-6/h7-14H,15H2,1-6H3. The second-order valence-electron chi connectivity index (χ2n) is 8.61. The lowest BCUT2D eigenvalue weighted by Gasteiger charge is -2.23. The average molecular weight is 592 g/mol. The Labute approximate surface area is 217 Å². The maximum Gasteiger partial charge on any atom is 0.344 e. The van der Waals surface area contributed by atoms with Crippen molar-refractivity contribution in [3.8, 4) is 34.1 Å². The zero-order chi connectivity index (χ0) is 25.0. The molecule has 0 saturated carbocycles. The highest BCUT2D eigenvalue weighted by atomic mass is 79.9. The van der Waals surface area contributed by atoms with Crippen LogP contribution >= 0.6 is 31.9 Å². The molecule has 0 aliphatic heterocycles. The second-order valence-corrected chi connectivity index (χ2v) is 9.97. The van der Waals surface area contributed by atoms with Crippen molar-refractivity contribution < 1.29 is 23.7 Å². The topological polar surface area (TPSA) is 54.0 Å². The number of benzene rings is 3. The fourth-order valence-corrected chi connectivity index (χ4v) is 4.92. The van der Waals surface area contributed by atoms with Crippen LogP contribution in [0.25, 0.3) is 11.1 Å². The van der Waals surface area contributed by atoms with Gasteiger partial charge in [-0.25, -0.2) is 4.79 Å². The number of rotatable bonds is 7. The summed E-state index contributed by atoms with van der Waals surface area (Å²) in [5, 5.41) is 0.502. The summed E-state index contributed by atoms with van der Waals surface area (Å²) in [5.74, 6) is 1.71. The lowest BCUT2D eigenvalue weighted by Crippen LogP contribution is -2.17. The highest BCUT2D eigenvalue weighted by Crippen LogP contribution is 2.49. The van der Waals surface area contributed by atoms with E-state index in [1.54, 1.807) is 33.5 Å². The molecule has 0 unspecified atom stereocenters. The van der Waals surface area contributed by atoms with Crippen molar-refractivity contribution in [2.45, 2.75) is 31.5 Å². The van der Waals surface area contributed by atoms with Gasteiger partial charge >= 0.3 is 5.97 Å². The third-order valence-electron chi connectivity index (χ3n) is 5.45. The molecule has 3 aromatic carbocycles. The highest BCUT2D eigenvalue weighted by molar-refractivity contribution is 9.10. The Kier molecular flexibility index (Phi) is 8.31. The Balaban J connectivity index is 2.25. The Bertz CT molecular complexity index is 1200. The molecule has 0 amide bonds. The van der Waals surface area contributed by atoms with Crippen molar-refractivity contribution in [3.63, 3.8) is 0 Å². The average Bonchev–Trinajstić information content (AvgIpc) is 2.82. The van der Waals surface area contributed by atoms with E-state index in [0.29, 0.717) is 49.5 Å². The van der Waals surface area contributed by atoms with E-state index in [2.05, 4.69) is 52.6 Å². The van der Waals surface area contributed by atoms with Gasteiger partial charge in [0.25, 0.3) is 0 Å². The largest absolute Gasteiger partial charge is 0.496 e. The van der Waals surface area contributed by atoms with Crippen LogP contribution in [0.2, 0.25) is 0 Å². The molecule has 0 spiro atoms. The first-order valence-corrected chi connectivity index (χ1v) is 12.6. The van der Waals surface area contributed by atoms with Crippen LogP contribution in [0.4, 0.5) is 0 Å². The molecule has 180 valence electrons. The van der Waals surface area contributed by atoms with Crippen molar-refractivity contribution >= 4 is 37.8 Å². The maximum absolute atomic E-state index is 13.6. The summed E-state index contributed by atoms with van der Waals surface area (Å²) in [6, 6.07) is 14.8. The molecule has 7 heteroatoms. The Hall–Kier alpha value is -2.51. The van der Waals surface area contributed by atoms with Crippen molar-refractivity contribution in [3.05, 3.63) is 69.7 Å². The van der Waals surface area contributed by atoms with E-state index in [-0.39, 0.29) is 5.41 Å². The third-order valence-corrected chi connectivity index (χ3v) is 6.81. The molecule has 0 saturated heterocycles. The number of esters is 1. The maximum atomic E-state index is 13.6. The normalized spacial score (nSPS) is 11.2. The van der Waals surface area contributed by atoms with Gasteiger partial charge in [-0.15, -0.1) is 0 Å². The van der Waals surface area contributed by atoms with E-state index >= 15 is 0 Å². The van der Waals surface area contributed by atoms with Gasteiger partial charge in [-0.3, -0.25) is 0 Å². The van der Waals surface area contributed by atoms with E-state index in [9.17, 15) is 4.79 Å². The van der Waals surface area contributed by atoms with Gasteiger partial charge in [0.15, 0.2) is 0 Å². The summed E-state index contributed by atoms with van der Waals surface area (Å²) >= 11 is 7.15. The first-order chi connectivity index (χ1) is 16.2. The Morgan fingerprint density at radius 2 is 1.50 bits per heavy atom. The molecule has 0 N–H and O–H groups in total. The van der Waals surface area contributed by atoms with Crippen molar-refractivity contribution in [2.24, 2.45) is 0 Å². The molecule has 3 aromatic rings. The quantitative estimate of drug-likeness (QED) is 0.161. The van der Waals surface area contributed by atoms with Gasteiger partial charge in [0.2, 0.25) is 0 Å². The molecule has 0 heterocycles. The van der Waals surface area contributed by atoms with Gasteiger partial charge in [-0.2, -0.15) is 0 Å². The molecule has 34 heavy (non-hydrogen) atoms. The van der Waals surface area contributed by atoms with Crippen molar-refractivity contribution in [2.75, 3.05) is 21.3 Å². The molecular formula is C27H28Br2O5. The first kappa shape index (κ1) is 26.1. The van der Waals surface area contributed by atoms with E-state index in [0.717, 1.165) is 11.1 Å². The SMILES string of the molecule is COc1cc(CBr)c(-c2c(OC)cccc2C(=O)Oc2ccccc2C(C)(C)C)c(OC)c1Br. The summed E-state index contributed by atoms with van der Waals surface area (Å²) in [5.41, 5.74) is 3.27. The monoisotopic (exact) mass is 590 g/mol. The minimum atomic E-state index is -0.486. The minimum Gasteiger partial charge on any atom is -0.496 e. The number of halogens is 2. The summed E-state index contributed by atoms with van der Waals surface area (Å²) in [6.45, 7) is 6.25. The Morgan fingerprint density at radius 1 is 0.853 bits per heavy atom. The predicted molar refractivity (Wildman–Crippen MR) is 142 cm³/mol. The van der Waals surface area contributed by atoms with Crippen LogP contribution in [-0.4, -0.2) is 27.3 Å². The zero-order valence-corrected chi connectivity index (χ0v) is 23.3. The number of carbonyl (C=O) groups is 1. The van der Waals surface area contributed by atoms with Crippen LogP contribution in [0, 0.1) is 0 Å². The Morgan fingerprint density at radius 3 is 2.09 bits per heavy atom. The molecular weight excluding hydrogens is 564 g/mol. The number of hydrogen-bond acceptors (Lipinski definition) is 5. The number of methoxy groups -OCH3 is 3. The lowest BCUT2D eigenvalue weighted by molar-refractivity contribution is 0.0732. The number of alkyl halides is 1. The summed E-state index contributed by atoms with van der Waals surface area (Å²) in [4.78, 5) is 13.6. The molecule has 0 aromatic heterocycles. The van der Waals surface area contributed by atoms with Gasteiger partial charge in [-0.1, -0.05) is 61.0 Å². The minimum absolute atomic E-state index is 0.193. The van der Waals surface area contributed by atoms with E-state index < -0.39 is 5.97 Å². The molecule has 0 aliphatic carbocycles. The number of para-hydroxylation sites is 1. The number of ether oxygens (including phenoxy) is 4. The smallest absolute Gasteiger partial charge is 0.344 e. The highest BCUT2D eigenvalue weighted by Gasteiger charge is 2.28. The van der Waals surface area contributed by atoms with Crippen LogP contribution < -0.4 is 18.9 Å². The van der Waals surface area contributed by atoms with Crippen LogP contribution in [0.5, 0.6) is 23.0 Å². The van der Waals surface area contributed by atoms with E-state index in [1.807, 2.05) is 36.4 Å². The van der Waals surface area contributed by atoms with Crippen LogP contribution in [0.15, 0.2) is 53.0 Å². The fourth-order valence-electron chi connectivity index (χ4n) is 3.84. The summed E-state index contributed by atoms with van der Waals surface area (Å²) < 4.78 is 23.6.